The second-order valence-electron chi connectivity index (χ2n) is 12.3. The van der Waals surface area contributed by atoms with Gasteiger partial charge in [0.1, 0.15) is 0 Å². The lowest BCUT2D eigenvalue weighted by molar-refractivity contribution is 0.0696. The Morgan fingerprint density at radius 1 is 0.471 bits per heavy atom. The molecule has 4 aromatic rings. The van der Waals surface area contributed by atoms with E-state index in [1.165, 1.54) is 16.9 Å². The lowest BCUT2D eigenvalue weighted by atomic mass is 9.98. The molecule has 1 N–H and O–H groups in total. The minimum Gasteiger partial charge on any atom is -0.478 e. The number of aromatic carboxylic acids is 1. The third-order valence-corrected chi connectivity index (χ3v) is 9.21. The molecule has 0 heterocycles. The third kappa shape index (κ3) is 12.5. The topological polar surface area (TPSA) is 67.3 Å². The number of carbonyl (C=O) groups excluding carboxylic acids is 1. The number of anilines is 4. The average molecular weight is 695 g/mol. The van der Waals surface area contributed by atoms with Gasteiger partial charge in [0.05, 0.1) is 5.56 Å². The fourth-order valence-electron chi connectivity index (χ4n) is 6.07. The summed E-state index contributed by atoms with van der Waals surface area (Å²) in [5.74, 6) is -0.786. The number of rotatable bonds is 15. The summed E-state index contributed by atoms with van der Waals surface area (Å²) < 4.78 is 0. The number of hydrogen-bond donors (Lipinski definition) is 1. The minimum atomic E-state index is -0.879. The quantitative estimate of drug-likeness (QED) is 0.124. The van der Waals surface area contributed by atoms with Gasteiger partial charge in [-0.2, -0.15) is 0 Å². The number of aryl methyl sites for hydroxylation is 2. The maximum atomic E-state index is 12.9. The fourth-order valence-corrected chi connectivity index (χ4v) is 6.07. The van der Waals surface area contributed by atoms with Crippen LogP contribution in [0.3, 0.4) is 0 Å². The summed E-state index contributed by atoms with van der Waals surface area (Å²) in [6.45, 7) is 29.2. The van der Waals surface area contributed by atoms with E-state index in [2.05, 4.69) is 118 Å². The first kappa shape index (κ1) is 42.4. The Morgan fingerprint density at radius 2 is 0.843 bits per heavy atom. The largest absolute Gasteiger partial charge is 0.478 e. The first-order chi connectivity index (χ1) is 24.5. The van der Waals surface area contributed by atoms with Crippen molar-refractivity contribution < 1.29 is 14.7 Å². The average Bonchev–Trinajstić information content (AvgIpc) is 3.15. The van der Waals surface area contributed by atoms with Gasteiger partial charge < -0.3 is 24.7 Å². The zero-order chi connectivity index (χ0) is 37.9. The van der Waals surface area contributed by atoms with Crippen molar-refractivity contribution in [1.82, 2.24) is 0 Å². The molecule has 0 atom stereocenters. The first-order valence-corrected chi connectivity index (χ1v) is 18.7. The molecule has 0 unspecified atom stereocenters. The Bertz CT molecular complexity index is 1600. The number of carbonyl (C=O) groups is 2. The maximum absolute atomic E-state index is 12.9. The minimum absolute atomic E-state index is 0.0923. The molecule has 0 spiro atoms. The monoisotopic (exact) mass is 694 g/mol. The van der Waals surface area contributed by atoms with E-state index >= 15 is 0 Å². The Hall–Kier alpha value is -4.78. The van der Waals surface area contributed by atoms with Crippen LogP contribution in [0.2, 0.25) is 0 Å². The van der Waals surface area contributed by atoms with Crippen molar-refractivity contribution in [3.63, 3.8) is 0 Å². The molecule has 7 nitrogen and oxygen atoms in total. The predicted molar refractivity (Wildman–Crippen MR) is 220 cm³/mol. The van der Waals surface area contributed by atoms with Gasteiger partial charge in [0.25, 0.3) is 0 Å². The van der Waals surface area contributed by atoms with Gasteiger partial charge >= 0.3 is 5.97 Å². The van der Waals surface area contributed by atoms with Crippen LogP contribution in [0.25, 0.3) is 0 Å². The smallest absolute Gasteiger partial charge is 0.335 e. The second kappa shape index (κ2) is 22.1. The molecule has 0 saturated carbocycles. The SMILES string of the molecule is CCN(CC)c1ccc(C(=O)O)cc1.CCN(CC)c1ccc(C(=O)c2ccc(N(CC)CC)cc2C)cc1.CCN(CC)c1cccc(C)c1. The van der Waals surface area contributed by atoms with Gasteiger partial charge in [0.2, 0.25) is 0 Å². The summed E-state index contributed by atoms with van der Waals surface area (Å²) in [6, 6.07) is 29.7. The molecule has 51 heavy (non-hydrogen) atoms. The molecule has 0 radical (unpaired) electrons. The van der Waals surface area contributed by atoms with Crippen LogP contribution in [-0.2, 0) is 0 Å². The van der Waals surface area contributed by atoms with Crippen molar-refractivity contribution >= 4 is 34.5 Å². The van der Waals surface area contributed by atoms with Crippen LogP contribution >= 0.6 is 0 Å². The molecule has 0 bridgehead atoms. The normalized spacial score (nSPS) is 10.2. The standard InChI is InChI=1S/C22H30N2O.C11H15NO2.C11H17N/c1-6-23(7-2)19-12-10-18(11-13-19)22(25)21-15-14-20(16-17(21)5)24(8-3)9-4;1-3-12(4-2)10-7-5-9(6-8-10)11(13)14;1-4-12(5-2)11-8-6-7-10(3)9-11/h10-16H,6-9H2,1-5H3;5-8H,3-4H2,1-2H3,(H,13,14);6-9H,4-5H2,1-3H3. The third-order valence-electron chi connectivity index (χ3n) is 9.21. The highest BCUT2D eigenvalue weighted by Gasteiger charge is 2.14. The van der Waals surface area contributed by atoms with Crippen LogP contribution in [-0.4, -0.2) is 69.2 Å². The van der Waals surface area contributed by atoms with Gasteiger partial charge in [0, 0.05) is 86.2 Å². The molecule has 0 aliphatic heterocycles. The van der Waals surface area contributed by atoms with Crippen molar-refractivity contribution in [3.05, 3.63) is 119 Å². The lowest BCUT2D eigenvalue weighted by Crippen LogP contribution is -2.22. The van der Waals surface area contributed by atoms with Gasteiger partial charge in [0.15, 0.2) is 5.78 Å². The number of carboxylic acids is 1. The molecule has 4 rings (SSSR count). The van der Waals surface area contributed by atoms with Crippen LogP contribution in [0.4, 0.5) is 22.7 Å². The number of hydrogen-bond acceptors (Lipinski definition) is 6. The molecule has 0 aliphatic rings. The molecule has 4 aromatic carbocycles. The number of ketones is 1. The Morgan fingerprint density at radius 3 is 1.22 bits per heavy atom. The van der Waals surface area contributed by atoms with E-state index in [0.29, 0.717) is 5.56 Å². The van der Waals surface area contributed by atoms with Crippen LogP contribution in [0.5, 0.6) is 0 Å². The summed E-state index contributed by atoms with van der Waals surface area (Å²) >= 11 is 0. The zero-order valence-electron chi connectivity index (χ0n) is 32.9. The van der Waals surface area contributed by atoms with Gasteiger partial charge in [-0.15, -0.1) is 0 Å². The zero-order valence-corrected chi connectivity index (χ0v) is 32.9. The lowest BCUT2D eigenvalue weighted by Gasteiger charge is -2.22. The van der Waals surface area contributed by atoms with E-state index in [9.17, 15) is 9.59 Å². The molecular weight excluding hydrogens is 633 g/mol. The molecule has 0 saturated heterocycles. The molecule has 7 heteroatoms. The number of carboxylic acid groups (broad SMARTS) is 1. The predicted octanol–water partition coefficient (Wildman–Crippen LogP) is 9.99. The van der Waals surface area contributed by atoms with Crippen LogP contribution in [0, 0.1) is 13.8 Å². The van der Waals surface area contributed by atoms with Gasteiger partial charge in [-0.3, -0.25) is 4.79 Å². The van der Waals surface area contributed by atoms with Crippen molar-refractivity contribution in [1.29, 1.82) is 0 Å². The molecular formula is C44H62N4O3. The van der Waals surface area contributed by atoms with Crippen molar-refractivity contribution in [2.24, 2.45) is 0 Å². The molecule has 0 aromatic heterocycles. The Labute approximate surface area is 308 Å². The van der Waals surface area contributed by atoms with E-state index in [4.69, 9.17) is 5.11 Å². The summed E-state index contributed by atoms with van der Waals surface area (Å²) in [6.07, 6.45) is 0. The summed E-state index contributed by atoms with van der Waals surface area (Å²) in [7, 11) is 0. The summed E-state index contributed by atoms with van der Waals surface area (Å²) in [4.78, 5) is 32.6. The van der Waals surface area contributed by atoms with Crippen molar-refractivity contribution in [2.45, 2.75) is 69.2 Å². The second-order valence-corrected chi connectivity index (χ2v) is 12.3. The highest BCUT2D eigenvalue weighted by atomic mass is 16.4. The van der Waals surface area contributed by atoms with Gasteiger partial charge in [-0.1, -0.05) is 12.1 Å². The molecule has 0 fully saturated rings. The van der Waals surface area contributed by atoms with E-state index in [-0.39, 0.29) is 5.78 Å². The number of benzene rings is 4. The maximum Gasteiger partial charge on any atom is 0.335 e. The van der Waals surface area contributed by atoms with Gasteiger partial charge in [-0.25, -0.2) is 4.79 Å². The van der Waals surface area contributed by atoms with Crippen LogP contribution < -0.4 is 19.6 Å². The summed E-state index contributed by atoms with van der Waals surface area (Å²) in [5.41, 5.74) is 8.97. The molecule has 0 amide bonds. The highest BCUT2D eigenvalue weighted by Crippen LogP contribution is 2.23. The van der Waals surface area contributed by atoms with E-state index in [0.717, 1.165) is 80.4 Å². The molecule has 0 aliphatic carbocycles. The van der Waals surface area contributed by atoms with Gasteiger partial charge in [-0.05, 0) is 159 Å². The highest BCUT2D eigenvalue weighted by molar-refractivity contribution is 6.10. The van der Waals surface area contributed by atoms with Crippen molar-refractivity contribution in [3.8, 4) is 0 Å². The van der Waals surface area contributed by atoms with Crippen LogP contribution in [0.15, 0.2) is 91.0 Å². The summed E-state index contributed by atoms with van der Waals surface area (Å²) in [5, 5.41) is 8.72. The van der Waals surface area contributed by atoms with E-state index < -0.39 is 5.97 Å². The van der Waals surface area contributed by atoms with Crippen molar-refractivity contribution in [2.75, 3.05) is 72.0 Å². The molecule has 276 valence electrons. The van der Waals surface area contributed by atoms with E-state index in [1.807, 2.05) is 49.4 Å². The number of nitrogens with zero attached hydrogens (tertiary/aromatic N) is 4. The Kier molecular flexibility index (Phi) is 18.4. The first-order valence-electron chi connectivity index (χ1n) is 18.7. The van der Waals surface area contributed by atoms with Crippen LogP contribution in [0.1, 0.15) is 92.8 Å². The van der Waals surface area contributed by atoms with E-state index in [1.54, 1.807) is 12.1 Å². The Balaban J connectivity index is 0.000000292. The fraction of sp³-hybridized carbons (Fsp3) is 0.409.